The number of benzene rings is 1. The van der Waals surface area contributed by atoms with Gasteiger partial charge in [-0.15, -0.1) is 0 Å². The minimum Gasteiger partial charge on any atom is -0.302 e. The first-order valence-electron chi connectivity index (χ1n) is 11.2. The molecule has 0 aliphatic carbocycles. The Morgan fingerprint density at radius 3 is 2.44 bits per heavy atom. The predicted octanol–water partition coefficient (Wildman–Crippen LogP) is 2.49. The normalized spacial score (nSPS) is 21.1. The molecule has 3 aliphatic heterocycles. The third kappa shape index (κ3) is 3.14. The summed E-state index contributed by atoms with van der Waals surface area (Å²) in [6, 6.07) is 5.17. The van der Waals surface area contributed by atoms with Crippen molar-refractivity contribution in [3.63, 3.8) is 0 Å². The molecular weight excluding hydrogens is 411 g/mol. The van der Waals surface area contributed by atoms with E-state index in [2.05, 4.69) is 4.90 Å². The lowest BCUT2D eigenvalue weighted by Gasteiger charge is -2.35. The van der Waals surface area contributed by atoms with Crippen LogP contribution in [-0.4, -0.2) is 70.3 Å². The van der Waals surface area contributed by atoms with E-state index < -0.39 is 6.04 Å². The summed E-state index contributed by atoms with van der Waals surface area (Å²) in [5, 5.41) is 0. The number of likely N-dealkylation sites (tertiary alicyclic amines) is 1. The number of hydrogen-bond acceptors (Lipinski definition) is 4. The van der Waals surface area contributed by atoms with Gasteiger partial charge in [0.05, 0.1) is 0 Å². The molecule has 0 saturated carbocycles. The Bertz CT molecular complexity index is 1120. The van der Waals surface area contributed by atoms with Crippen molar-refractivity contribution in [2.24, 2.45) is 4.99 Å². The van der Waals surface area contributed by atoms with Crippen molar-refractivity contribution in [3.8, 4) is 5.69 Å². The highest BCUT2D eigenvalue weighted by atomic mass is 19.1. The fourth-order valence-corrected chi connectivity index (χ4v) is 4.97. The van der Waals surface area contributed by atoms with Crippen molar-refractivity contribution in [1.29, 1.82) is 0 Å². The number of carbonyl (C=O) groups excluding carboxylic acids is 2. The molecule has 1 aromatic heterocycles. The van der Waals surface area contributed by atoms with Gasteiger partial charge >= 0.3 is 12.0 Å². The predicted molar refractivity (Wildman–Crippen MR) is 117 cm³/mol. The van der Waals surface area contributed by atoms with Gasteiger partial charge in [0, 0.05) is 20.1 Å². The molecule has 8 nitrogen and oxygen atoms in total. The topological polar surface area (TPSA) is 65.0 Å². The number of hydrogen-bond donors (Lipinski definition) is 0. The number of imidazole rings is 1. The van der Waals surface area contributed by atoms with E-state index in [1.54, 1.807) is 19.2 Å². The van der Waals surface area contributed by atoms with Crippen LogP contribution in [0.3, 0.4) is 0 Å². The van der Waals surface area contributed by atoms with Gasteiger partial charge in [0.15, 0.2) is 0 Å². The van der Waals surface area contributed by atoms with Gasteiger partial charge in [-0.2, -0.15) is 4.57 Å². The molecule has 32 heavy (non-hydrogen) atoms. The highest BCUT2D eigenvalue weighted by Crippen LogP contribution is 2.33. The Balaban J connectivity index is 1.50. The summed E-state index contributed by atoms with van der Waals surface area (Å²) >= 11 is 0. The maximum Gasteiger partial charge on any atom is 0.407 e. The van der Waals surface area contributed by atoms with Gasteiger partial charge in [-0.25, -0.2) is 13.8 Å². The number of amidine groups is 1. The highest BCUT2D eigenvalue weighted by molar-refractivity contribution is 6.19. The van der Waals surface area contributed by atoms with Crippen molar-refractivity contribution in [2.75, 3.05) is 33.2 Å². The van der Waals surface area contributed by atoms with Crippen molar-refractivity contribution in [1.82, 2.24) is 19.3 Å². The summed E-state index contributed by atoms with van der Waals surface area (Å²) in [6.45, 7) is 6.99. The zero-order valence-electron chi connectivity index (χ0n) is 18.7. The number of nitrogens with zero attached hydrogens (tertiary/aromatic N) is 6. The Kier molecular flexibility index (Phi) is 5.08. The number of aliphatic imine (C=N–C) groups is 1. The first kappa shape index (κ1) is 20.8. The van der Waals surface area contributed by atoms with Gasteiger partial charge in [0.1, 0.15) is 22.9 Å². The van der Waals surface area contributed by atoms with E-state index in [1.165, 1.54) is 28.4 Å². The van der Waals surface area contributed by atoms with Crippen LogP contribution in [0.1, 0.15) is 36.7 Å². The lowest BCUT2D eigenvalue weighted by Crippen LogP contribution is -2.64. The van der Waals surface area contributed by atoms with Crippen LogP contribution in [-0.2, 0) is 4.79 Å². The van der Waals surface area contributed by atoms with Gasteiger partial charge in [0.2, 0.25) is 11.9 Å². The van der Waals surface area contributed by atoms with Crippen molar-refractivity contribution in [3.05, 3.63) is 41.5 Å². The molecular formula is C23H28FN6O2+. The maximum atomic E-state index is 13.6. The van der Waals surface area contributed by atoms with Crippen LogP contribution in [0.15, 0.2) is 29.3 Å². The molecule has 0 radical (unpaired) electrons. The number of likely N-dealkylation sites (N-methyl/N-ethyl adjacent to an activating group) is 1. The lowest BCUT2D eigenvalue weighted by molar-refractivity contribution is -0.682. The minimum absolute atomic E-state index is 0.244. The number of urea groups is 1. The average molecular weight is 440 g/mol. The van der Waals surface area contributed by atoms with E-state index in [4.69, 9.17) is 4.99 Å². The summed E-state index contributed by atoms with van der Waals surface area (Å²) in [6.07, 6.45) is 3.57. The van der Waals surface area contributed by atoms with E-state index in [-0.39, 0.29) is 17.8 Å². The molecule has 3 aliphatic rings. The highest BCUT2D eigenvalue weighted by Gasteiger charge is 2.54. The van der Waals surface area contributed by atoms with E-state index in [0.29, 0.717) is 24.9 Å². The van der Waals surface area contributed by atoms with Crippen LogP contribution in [0.4, 0.5) is 15.1 Å². The molecule has 2 saturated heterocycles. The SMILES string of the molecule is Cc1c(C)[n+]2c(n1-c1ccc(F)cc1)N=C1C2C(=O)N(CCN2CCCCC2)C(=O)N1C. The number of carbonyl (C=O) groups is 2. The molecule has 168 valence electrons. The molecule has 0 bridgehead atoms. The molecule has 1 atom stereocenters. The molecule has 4 heterocycles. The van der Waals surface area contributed by atoms with Crippen LogP contribution in [0.2, 0.25) is 0 Å². The summed E-state index contributed by atoms with van der Waals surface area (Å²) < 4.78 is 17.3. The summed E-state index contributed by atoms with van der Waals surface area (Å²) in [7, 11) is 1.67. The molecule has 0 spiro atoms. The molecule has 1 unspecified atom stereocenters. The largest absolute Gasteiger partial charge is 0.407 e. The second-order valence-electron chi connectivity index (χ2n) is 8.76. The van der Waals surface area contributed by atoms with Crippen LogP contribution >= 0.6 is 0 Å². The Morgan fingerprint density at radius 1 is 1.06 bits per heavy atom. The zero-order valence-corrected chi connectivity index (χ0v) is 18.7. The standard InChI is InChI=1S/C23H28FN6O2/c1-15-16(2)30-19-20(25-22(30)29(15)18-9-7-17(24)8-10-18)26(3)23(32)28(21(19)31)14-13-27-11-5-4-6-12-27/h7-10,19H,4-6,11-14H2,1-3H3/q+1. The van der Waals surface area contributed by atoms with Crippen LogP contribution in [0.25, 0.3) is 5.69 Å². The molecule has 2 aromatic rings. The number of aromatic nitrogens is 2. The quantitative estimate of drug-likeness (QED) is 0.688. The van der Waals surface area contributed by atoms with E-state index in [0.717, 1.165) is 43.0 Å². The maximum absolute atomic E-state index is 13.6. The number of fused-ring (bicyclic) bond motifs is 3. The van der Waals surface area contributed by atoms with Crippen LogP contribution in [0.5, 0.6) is 0 Å². The van der Waals surface area contributed by atoms with Crippen LogP contribution in [0, 0.1) is 19.7 Å². The summed E-state index contributed by atoms with van der Waals surface area (Å²) in [5.74, 6) is 0.442. The number of amides is 3. The first-order valence-corrected chi connectivity index (χ1v) is 11.2. The van der Waals surface area contributed by atoms with Gasteiger partial charge in [0.25, 0.3) is 5.91 Å². The molecule has 5 rings (SSSR count). The van der Waals surface area contributed by atoms with Gasteiger partial charge in [-0.05, 0) is 64.0 Å². The smallest absolute Gasteiger partial charge is 0.302 e. The number of rotatable bonds is 4. The molecule has 0 N–H and O–H groups in total. The zero-order chi connectivity index (χ0) is 22.6. The minimum atomic E-state index is -0.672. The number of piperidine rings is 1. The first-order chi connectivity index (χ1) is 15.4. The Morgan fingerprint density at radius 2 is 1.75 bits per heavy atom. The molecule has 2 fully saturated rings. The fourth-order valence-electron chi connectivity index (χ4n) is 4.97. The van der Waals surface area contributed by atoms with Crippen LogP contribution < -0.4 is 4.57 Å². The molecule has 3 amide bonds. The number of halogens is 1. The molecule has 9 heteroatoms. The monoisotopic (exact) mass is 439 g/mol. The van der Waals surface area contributed by atoms with Crippen molar-refractivity contribution < 1.29 is 18.5 Å². The Labute approximate surface area is 186 Å². The third-order valence-corrected chi connectivity index (χ3v) is 6.89. The van der Waals surface area contributed by atoms with Gasteiger partial charge in [-0.1, -0.05) is 11.4 Å². The molecule has 1 aromatic carbocycles. The van der Waals surface area contributed by atoms with Gasteiger partial charge < -0.3 is 4.90 Å². The number of imide groups is 1. The van der Waals surface area contributed by atoms with E-state index >= 15 is 0 Å². The third-order valence-electron chi connectivity index (χ3n) is 6.89. The second-order valence-corrected chi connectivity index (χ2v) is 8.76. The second kappa shape index (κ2) is 7.81. The Hall–Kier alpha value is -3.07. The summed E-state index contributed by atoms with van der Waals surface area (Å²) in [4.78, 5) is 36.5. The van der Waals surface area contributed by atoms with Crippen molar-refractivity contribution >= 4 is 23.7 Å². The van der Waals surface area contributed by atoms with Crippen molar-refractivity contribution in [2.45, 2.75) is 39.2 Å². The van der Waals surface area contributed by atoms with Gasteiger partial charge in [-0.3, -0.25) is 14.6 Å². The lowest BCUT2D eigenvalue weighted by atomic mass is 10.1. The van der Waals surface area contributed by atoms with E-state index in [9.17, 15) is 14.0 Å². The fraction of sp³-hybridized carbons (Fsp3) is 0.478. The van der Waals surface area contributed by atoms with E-state index in [1.807, 2.05) is 23.0 Å². The summed E-state index contributed by atoms with van der Waals surface area (Å²) in [5.41, 5.74) is 2.56. The average Bonchev–Trinajstić information content (AvgIpc) is 3.29.